The van der Waals surface area contributed by atoms with Gasteiger partial charge in [0.05, 0.1) is 30.4 Å². The highest BCUT2D eigenvalue weighted by Gasteiger charge is 2.04. The highest BCUT2D eigenvalue weighted by Crippen LogP contribution is 1.99. The topological polar surface area (TPSA) is 69.9 Å². The first-order chi connectivity index (χ1) is 5.20. The molecule has 0 aromatic heterocycles. The third kappa shape index (κ3) is 6.95. The standard InChI is InChI=1S/C6H13IO4/c7-5(1-8)3-11-4-6(10)2-9/h5-6,8-10H,1-4H2. The number of rotatable bonds is 6. The molecule has 5 heteroatoms. The molecule has 2 unspecified atom stereocenters. The van der Waals surface area contributed by atoms with Crippen molar-refractivity contribution in [3.63, 3.8) is 0 Å². The van der Waals surface area contributed by atoms with Gasteiger partial charge in [-0.05, 0) is 0 Å². The fourth-order valence-electron chi connectivity index (χ4n) is 0.437. The molecule has 0 heterocycles. The van der Waals surface area contributed by atoms with Crippen LogP contribution in [0.2, 0.25) is 0 Å². The van der Waals surface area contributed by atoms with E-state index in [0.29, 0.717) is 6.61 Å². The van der Waals surface area contributed by atoms with E-state index in [4.69, 9.17) is 20.1 Å². The van der Waals surface area contributed by atoms with Crippen LogP contribution >= 0.6 is 22.6 Å². The Kier molecular flexibility index (Phi) is 7.61. The van der Waals surface area contributed by atoms with E-state index in [1.165, 1.54) is 0 Å². The summed E-state index contributed by atoms with van der Waals surface area (Å²) in [6.45, 7) is 0.297. The van der Waals surface area contributed by atoms with E-state index < -0.39 is 6.10 Å². The molecule has 2 atom stereocenters. The minimum Gasteiger partial charge on any atom is -0.395 e. The van der Waals surface area contributed by atoms with Gasteiger partial charge in [-0.25, -0.2) is 0 Å². The van der Waals surface area contributed by atoms with Crippen LogP contribution in [0.4, 0.5) is 0 Å². The highest BCUT2D eigenvalue weighted by molar-refractivity contribution is 14.1. The Labute approximate surface area is 79.3 Å². The number of halogens is 1. The largest absolute Gasteiger partial charge is 0.395 e. The Morgan fingerprint density at radius 1 is 1.18 bits per heavy atom. The van der Waals surface area contributed by atoms with Crippen molar-refractivity contribution in [3.8, 4) is 0 Å². The molecule has 0 aromatic carbocycles. The number of hydrogen-bond acceptors (Lipinski definition) is 4. The Morgan fingerprint density at radius 3 is 2.27 bits per heavy atom. The molecule has 0 aliphatic carbocycles. The van der Waals surface area contributed by atoms with E-state index in [-0.39, 0.29) is 23.7 Å². The van der Waals surface area contributed by atoms with Gasteiger partial charge in [-0.15, -0.1) is 0 Å². The molecule has 68 valence electrons. The Hall–Kier alpha value is 0.570. The second kappa shape index (κ2) is 7.23. The predicted molar refractivity (Wildman–Crippen MR) is 48.8 cm³/mol. The summed E-state index contributed by atoms with van der Waals surface area (Å²) in [5, 5.41) is 25.7. The first kappa shape index (κ1) is 11.6. The predicted octanol–water partition coefficient (Wildman–Crippen LogP) is -0.848. The summed E-state index contributed by atoms with van der Waals surface area (Å²) in [5.41, 5.74) is 0. The minimum absolute atomic E-state index is 0.0542. The Bertz CT molecular complexity index is 80.7. The fourth-order valence-corrected chi connectivity index (χ4v) is 0.692. The number of ether oxygens (including phenoxy) is 1. The molecule has 11 heavy (non-hydrogen) atoms. The van der Waals surface area contributed by atoms with Crippen LogP contribution in [0, 0.1) is 0 Å². The maximum atomic E-state index is 8.80. The lowest BCUT2D eigenvalue weighted by Crippen LogP contribution is -2.22. The SMILES string of the molecule is OCC(O)COCC(I)CO. The number of hydrogen-bond donors (Lipinski definition) is 3. The third-order valence-corrected chi connectivity index (χ3v) is 1.77. The summed E-state index contributed by atoms with van der Waals surface area (Å²) in [6.07, 6.45) is -0.808. The third-order valence-electron chi connectivity index (χ3n) is 1.02. The van der Waals surface area contributed by atoms with Gasteiger partial charge in [0.2, 0.25) is 0 Å². The molecule has 0 amide bonds. The van der Waals surface area contributed by atoms with Gasteiger partial charge in [0, 0.05) is 0 Å². The summed E-state index contributed by atoms with van der Waals surface area (Å²) in [6, 6.07) is 0. The van der Waals surface area contributed by atoms with Crippen LogP contribution in [-0.4, -0.2) is 51.8 Å². The molecule has 0 bridgehead atoms. The van der Waals surface area contributed by atoms with Gasteiger partial charge >= 0.3 is 0 Å². The summed E-state index contributed by atoms with van der Waals surface area (Å²) < 4.78 is 5.02. The van der Waals surface area contributed by atoms with Crippen molar-refractivity contribution in [2.24, 2.45) is 0 Å². The van der Waals surface area contributed by atoms with Gasteiger partial charge in [0.25, 0.3) is 0 Å². The molecule has 0 spiro atoms. The molecular formula is C6H13IO4. The maximum absolute atomic E-state index is 8.80. The van der Waals surface area contributed by atoms with Gasteiger partial charge in [-0.1, -0.05) is 22.6 Å². The van der Waals surface area contributed by atoms with Crippen LogP contribution in [-0.2, 0) is 4.74 Å². The summed E-state index contributed by atoms with van der Waals surface area (Å²) in [7, 11) is 0. The van der Waals surface area contributed by atoms with E-state index >= 15 is 0 Å². The second-order valence-corrected chi connectivity index (χ2v) is 3.92. The summed E-state index contributed by atoms with van der Waals surface area (Å²) >= 11 is 2.05. The molecule has 0 aliphatic rings. The van der Waals surface area contributed by atoms with Crippen molar-refractivity contribution < 1.29 is 20.1 Å². The Balaban J connectivity index is 3.13. The minimum atomic E-state index is -0.808. The van der Waals surface area contributed by atoms with Crippen molar-refractivity contribution in [1.82, 2.24) is 0 Å². The molecule has 0 rings (SSSR count). The zero-order valence-electron chi connectivity index (χ0n) is 6.11. The van der Waals surface area contributed by atoms with Crippen LogP contribution < -0.4 is 0 Å². The van der Waals surface area contributed by atoms with E-state index in [1.807, 2.05) is 22.6 Å². The van der Waals surface area contributed by atoms with Gasteiger partial charge < -0.3 is 20.1 Å². The van der Waals surface area contributed by atoms with Crippen LogP contribution in [0.15, 0.2) is 0 Å². The van der Waals surface area contributed by atoms with Crippen molar-refractivity contribution in [2.75, 3.05) is 26.4 Å². The summed E-state index contributed by atoms with van der Waals surface area (Å²) in [5.74, 6) is 0. The number of aliphatic hydroxyl groups is 3. The van der Waals surface area contributed by atoms with Gasteiger partial charge in [0.1, 0.15) is 6.10 Å². The molecule has 0 saturated carbocycles. The molecule has 0 aliphatic heterocycles. The van der Waals surface area contributed by atoms with Gasteiger partial charge in [-0.3, -0.25) is 0 Å². The zero-order valence-corrected chi connectivity index (χ0v) is 8.27. The molecule has 0 aromatic rings. The first-order valence-electron chi connectivity index (χ1n) is 3.32. The monoisotopic (exact) mass is 276 g/mol. The van der Waals surface area contributed by atoms with E-state index in [9.17, 15) is 0 Å². The maximum Gasteiger partial charge on any atom is 0.100 e. The normalized spacial score (nSPS) is 16.4. The average molecular weight is 276 g/mol. The molecule has 0 fully saturated rings. The van der Waals surface area contributed by atoms with Crippen molar-refractivity contribution in [2.45, 2.75) is 10.0 Å². The molecule has 0 radical (unpaired) electrons. The second-order valence-electron chi connectivity index (χ2n) is 2.15. The smallest absolute Gasteiger partial charge is 0.100 e. The van der Waals surface area contributed by atoms with Gasteiger partial charge in [0.15, 0.2) is 0 Å². The summed E-state index contributed by atoms with van der Waals surface area (Å²) in [4.78, 5) is 0. The van der Waals surface area contributed by atoms with Crippen LogP contribution in [0.1, 0.15) is 0 Å². The van der Waals surface area contributed by atoms with Crippen LogP contribution in [0.3, 0.4) is 0 Å². The van der Waals surface area contributed by atoms with Gasteiger partial charge in [-0.2, -0.15) is 0 Å². The number of alkyl halides is 1. The fraction of sp³-hybridized carbons (Fsp3) is 1.00. The highest BCUT2D eigenvalue weighted by atomic mass is 127. The lowest BCUT2D eigenvalue weighted by atomic mass is 10.4. The molecule has 4 nitrogen and oxygen atoms in total. The first-order valence-corrected chi connectivity index (χ1v) is 4.56. The van der Waals surface area contributed by atoms with Crippen molar-refractivity contribution in [3.05, 3.63) is 0 Å². The lowest BCUT2D eigenvalue weighted by molar-refractivity contribution is 0.00529. The van der Waals surface area contributed by atoms with Crippen LogP contribution in [0.25, 0.3) is 0 Å². The average Bonchev–Trinajstić information content (AvgIpc) is 2.04. The van der Waals surface area contributed by atoms with E-state index in [2.05, 4.69) is 0 Å². The van der Waals surface area contributed by atoms with E-state index in [0.717, 1.165) is 0 Å². The zero-order chi connectivity index (χ0) is 8.69. The molecular weight excluding hydrogens is 263 g/mol. The van der Waals surface area contributed by atoms with Crippen molar-refractivity contribution >= 4 is 22.6 Å². The molecule has 3 N–H and O–H groups in total. The number of aliphatic hydroxyl groups excluding tert-OH is 3. The van der Waals surface area contributed by atoms with Crippen molar-refractivity contribution in [1.29, 1.82) is 0 Å². The lowest BCUT2D eigenvalue weighted by Gasteiger charge is -2.10. The quantitative estimate of drug-likeness (QED) is 0.437. The van der Waals surface area contributed by atoms with E-state index in [1.54, 1.807) is 0 Å². The van der Waals surface area contributed by atoms with Crippen LogP contribution in [0.5, 0.6) is 0 Å². The Morgan fingerprint density at radius 2 is 1.82 bits per heavy atom. The molecule has 0 saturated heterocycles.